The minimum atomic E-state index is -0.426. The highest BCUT2D eigenvalue weighted by Gasteiger charge is 2.13. The predicted octanol–water partition coefficient (Wildman–Crippen LogP) is 2.17. The molecule has 1 N–H and O–H groups in total. The van der Waals surface area contributed by atoms with Crippen LogP contribution in [0.2, 0.25) is 0 Å². The number of Topliss-reactive ketones (excluding diaryl/α,β-unsaturated/α-hetero) is 1. The number of nitrogens with zero attached hydrogens (tertiary/aromatic N) is 1. The van der Waals surface area contributed by atoms with Gasteiger partial charge in [0, 0.05) is 11.3 Å². The molecule has 4 nitrogen and oxygen atoms in total. The van der Waals surface area contributed by atoms with E-state index < -0.39 is 5.56 Å². The summed E-state index contributed by atoms with van der Waals surface area (Å²) in [6, 6.07) is 3.17. The lowest BCUT2D eigenvalue weighted by molar-refractivity contribution is 0.102. The third kappa shape index (κ3) is 3.27. The number of rotatable bonds is 5. The number of carbonyl (C=O) groups is 1. The molecular formula is C12H13BrN2O2. The number of ketones is 1. The second kappa shape index (κ2) is 6.36. The molecule has 0 saturated heterocycles. The maximum atomic E-state index is 11.7. The molecule has 5 heteroatoms. The molecule has 17 heavy (non-hydrogen) atoms. The third-order valence-electron chi connectivity index (χ3n) is 2.45. The summed E-state index contributed by atoms with van der Waals surface area (Å²) in [5, 5.41) is 8.95. The SMILES string of the molecule is CCCCc1[nH]c(=O)c(C#N)cc1C(=O)CBr. The maximum Gasteiger partial charge on any atom is 0.266 e. The van der Waals surface area contributed by atoms with Crippen LogP contribution in [0, 0.1) is 11.3 Å². The van der Waals surface area contributed by atoms with Gasteiger partial charge in [0.2, 0.25) is 0 Å². The van der Waals surface area contributed by atoms with Crippen LogP contribution in [0.25, 0.3) is 0 Å². The van der Waals surface area contributed by atoms with Gasteiger partial charge in [0.1, 0.15) is 11.6 Å². The molecule has 0 aliphatic carbocycles. The van der Waals surface area contributed by atoms with Crippen LogP contribution in [0.15, 0.2) is 10.9 Å². The summed E-state index contributed by atoms with van der Waals surface area (Å²) in [4.78, 5) is 25.8. The van der Waals surface area contributed by atoms with Gasteiger partial charge in [0.15, 0.2) is 5.78 Å². The third-order valence-corrected chi connectivity index (χ3v) is 2.95. The molecule has 0 fully saturated rings. The van der Waals surface area contributed by atoms with Gasteiger partial charge < -0.3 is 4.98 Å². The fraction of sp³-hybridized carbons (Fsp3) is 0.417. The van der Waals surface area contributed by atoms with Crippen LogP contribution in [0.5, 0.6) is 0 Å². The van der Waals surface area contributed by atoms with Gasteiger partial charge >= 0.3 is 0 Å². The number of aromatic amines is 1. The fourth-order valence-corrected chi connectivity index (χ4v) is 1.83. The van der Waals surface area contributed by atoms with Crippen molar-refractivity contribution in [2.24, 2.45) is 0 Å². The van der Waals surface area contributed by atoms with E-state index >= 15 is 0 Å². The van der Waals surface area contributed by atoms with E-state index in [0.29, 0.717) is 17.7 Å². The number of aromatic nitrogens is 1. The Labute approximate surface area is 108 Å². The van der Waals surface area contributed by atoms with Gasteiger partial charge in [0.25, 0.3) is 5.56 Å². The van der Waals surface area contributed by atoms with E-state index in [1.54, 1.807) is 6.07 Å². The maximum absolute atomic E-state index is 11.7. The minimum Gasteiger partial charge on any atom is -0.324 e. The molecule has 0 aliphatic rings. The first-order valence-corrected chi connectivity index (χ1v) is 6.51. The van der Waals surface area contributed by atoms with Crippen molar-refractivity contribution >= 4 is 21.7 Å². The summed E-state index contributed by atoms with van der Waals surface area (Å²) >= 11 is 3.09. The van der Waals surface area contributed by atoms with Crippen LogP contribution in [-0.2, 0) is 6.42 Å². The predicted molar refractivity (Wildman–Crippen MR) is 68.5 cm³/mol. The van der Waals surface area contributed by atoms with Gasteiger partial charge in [-0.25, -0.2) is 0 Å². The normalized spacial score (nSPS) is 9.94. The van der Waals surface area contributed by atoms with Crippen molar-refractivity contribution < 1.29 is 4.79 Å². The van der Waals surface area contributed by atoms with Gasteiger partial charge in [-0.05, 0) is 18.9 Å². The average Bonchev–Trinajstić information content (AvgIpc) is 2.35. The van der Waals surface area contributed by atoms with Gasteiger partial charge in [0.05, 0.1) is 5.33 Å². The molecule has 90 valence electrons. The second-order valence-corrected chi connectivity index (χ2v) is 4.24. The van der Waals surface area contributed by atoms with E-state index in [9.17, 15) is 9.59 Å². The Morgan fingerprint density at radius 1 is 1.59 bits per heavy atom. The van der Waals surface area contributed by atoms with Crippen LogP contribution >= 0.6 is 15.9 Å². The molecule has 1 heterocycles. The molecule has 0 unspecified atom stereocenters. The zero-order chi connectivity index (χ0) is 12.8. The number of nitriles is 1. The first kappa shape index (κ1) is 13.7. The Bertz CT molecular complexity index is 514. The summed E-state index contributed by atoms with van der Waals surface area (Å²) in [6.45, 7) is 2.04. The summed E-state index contributed by atoms with van der Waals surface area (Å²) < 4.78 is 0. The van der Waals surface area contributed by atoms with E-state index in [1.165, 1.54) is 6.07 Å². The van der Waals surface area contributed by atoms with E-state index in [4.69, 9.17) is 5.26 Å². The lowest BCUT2D eigenvalue weighted by Gasteiger charge is -2.07. The molecule has 0 saturated carbocycles. The van der Waals surface area contributed by atoms with E-state index in [2.05, 4.69) is 20.9 Å². The van der Waals surface area contributed by atoms with Crippen LogP contribution in [-0.4, -0.2) is 16.1 Å². The van der Waals surface area contributed by atoms with Gasteiger partial charge in [-0.15, -0.1) is 0 Å². The van der Waals surface area contributed by atoms with Crippen molar-refractivity contribution in [3.63, 3.8) is 0 Å². The highest BCUT2D eigenvalue weighted by atomic mass is 79.9. The van der Waals surface area contributed by atoms with Crippen LogP contribution < -0.4 is 5.56 Å². The van der Waals surface area contributed by atoms with Gasteiger partial charge in [-0.2, -0.15) is 5.26 Å². The highest BCUT2D eigenvalue weighted by Crippen LogP contribution is 2.11. The van der Waals surface area contributed by atoms with Crippen LogP contribution in [0.1, 0.15) is 41.4 Å². The fourth-order valence-electron chi connectivity index (χ4n) is 1.52. The Morgan fingerprint density at radius 2 is 2.29 bits per heavy atom. The molecule has 0 aliphatic heterocycles. The Hall–Kier alpha value is -1.41. The Balaban J connectivity index is 3.27. The molecule has 1 rings (SSSR count). The quantitative estimate of drug-likeness (QED) is 0.668. The number of pyridine rings is 1. The van der Waals surface area contributed by atoms with Crippen molar-refractivity contribution in [3.8, 4) is 6.07 Å². The van der Waals surface area contributed by atoms with Crippen molar-refractivity contribution in [2.45, 2.75) is 26.2 Å². The van der Waals surface area contributed by atoms with Crippen LogP contribution in [0.4, 0.5) is 0 Å². The topological polar surface area (TPSA) is 73.7 Å². The van der Waals surface area contributed by atoms with Crippen molar-refractivity contribution in [3.05, 3.63) is 33.2 Å². The lowest BCUT2D eigenvalue weighted by Crippen LogP contribution is -2.18. The monoisotopic (exact) mass is 296 g/mol. The molecule has 0 amide bonds. The number of nitrogens with one attached hydrogen (secondary N) is 1. The number of hydrogen-bond donors (Lipinski definition) is 1. The van der Waals surface area contributed by atoms with Crippen LogP contribution in [0.3, 0.4) is 0 Å². The largest absolute Gasteiger partial charge is 0.324 e. The number of alkyl halides is 1. The first-order valence-electron chi connectivity index (χ1n) is 5.39. The zero-order valence-electron chi connectivity index (χ0n) is 9.55. The molecular weight excluding hydrogens is 284 g/mol. The molecule has 0 bridgehead atoms. The zero-order valence-corrected chi connectivity index (χ0v) is 11.1. The van der Waals surface area contributed by atoms with Crippen molar-refractivity contribution in [1.82, 2.24) is 4.98 Å². The summed E-state index contributed by atoms with van der Waals surface area (Å²) in [6.07, 6.45) is 2.51. The molecule has 1 aromatic heterocycles. The van der Waals surface area contributed by atoms with Crippen molar-refractivity contribution in [1.29, 1.82) is 5.26 Å². The number of carbonyl (C=O) groups excluding carboxylic acids is 1. The van der Waals surface area contributed by atoms with E-state index in [1.807, 2.05) is 6.92 Å². The van der Waals surface area contributed by atoms with E-state index in [0.717, 1.165) is 12.8 Å². The van der Waals surface area contributed by atoms with Gasteiger partial charge in [-0.1, -0.05) is 29.3 Å². The number of H-pyrrole nitrogens is 1. The number of unbranched alkanes of at least 4 members (excludes halogenated alkanes) is 1. The van der Waals surface area contributed by atoms with Gasteiger partial charge in [-0.3, -0.25) is 9.59 Å². The summed E-state index contributed by atoms with van der Waals surface area (Å²) in [5.74, 6) is -0.121. The Morgan fingerprint density at radius 3 is 2.82 bits per heavy atom. The molecule has 0 radical (unpaired) electrons. The standard InChI is InChI=1S/C12H13BrN2O2/c1-2-3-4-10-9(11(16)6-13)5-8(7-14)12(17)15-10/h5H,2-4,6H2,1H3,(H,15,17). The molecule has 1 aromatic rings. The smallest absolute Gasteiger partial charge is 0.266 e. The lowest BCUT2D eigenvalue weighted by atomic mass is 10.0. The Kier molecular flexibility index (Phi) is 5.11. The highest BCUT2D eigenvalue weighted by molar-refractivity contribution is 9.09. The second-order valence-electron chi connectivity index (χ2n) is 3.68. The van der Waals surface area contributed by atoms with E-state index in [-0.39, 0.29) is 16.7 Å². The summed E-state index contributed by atoms with van der Waals surface area (Å²) in [5.41, 5.74) is 0.617. The summed E-state index contributed by atoms with van der Waals surface area (Å²) in [7, 11) is 0. The number of hydrogen-bond acceptors (Lipinski definition) is 3. The molecule has 0 atom stereocenters. The molecule has 0 spiro atoms. The van der Waals surface area contributed by atoms with Crippen molar-refractivity contribution in [2.75, 3.05) is 5.33 Å². The minimum absolute atomic E-state index is 0.0189. The number of halogens is 1. The number of aryl methyl sites for hydroxylation is 1. The average molecular weight is 297 g/mol. The molecule has 0 aromatic carbocycles. The first-order chi connectivity index (χ1) is 8.13.